The first-order valence-electron chi connectivity index (χ1n) is 7.30. The van der Waals surface area contributed by atoms with Crippen LogP contribution in [-0.4, -0.2) is 27.7 Å². The Morgan fingerprint density at radius 3 is 3.10 bits per heavy atom. The Kier molecular flexibility index (Phi) is 2.74. The summed E-state index contributed by atoms with van der Waals surface area (Å²) in [7, 11) is 0. The van der Waals surface area contributed by atoms with Crippen LogP contribution in [-0.2, 0) is 19.4 Å². The number of rotatable bonds is 2. The van der Waals surface area contributed by atoms with Crippen molar-refractivity contribution in [3.8, 4) is 0 Å². The molecule has 0 bridgehead atoms. The fraction of sp³-hybridized carbons (Fsp3) is 0.353. The zero-order valence-corrected chi connectivity index (χ0v) is 11.5. The fourth-order valence-corrected chi connectivity index (χ4v) is 3.86. The highest BCUT2D eigenvalue weighted by molar-refractivity contribution is 5.39. The summed E-state index contributed by atoms with van der Waals surface area (Å²) in [4.78, 5) is 2.57. The van der Waals surface area contributed by atoms with Gasteiger partial charge in [-0.1, -0.05) is 30.3 Å². The highest BCUT2D eigenvalue weighted by atomic mass is 15.2. The van der Waals surface area contributed by atoms with E-state index in [1.54, 1.807) is 0 Å². The molecule has 4 rings (SSSR count). The molecule has 2 heterocycles. The van der Waals surface area contributed by atoms with Crippen molar-refractivity contribution in [2.24, 2.45) is 0 Å². The second-order valence-electron chi connectivity index (χ2n) is 5.87. The van der Waals surface area contributed by atoms with Crippen molar-refractivity contribution in [3.05, 3.63) is 65.5 Å². The van der Waals surface area contributed by atoms with Crippen LogP contribution in [0.3, 0.4) is 0 Å². The summed E-state index contributed by atoms with van der Waals surface area (Å²) in [6, 6.07) is 9.47. The molecule has 0 fully saturated rings. The lowest BCUT2D eigenvalue weighted by Crippen LogP contribution is -2.47. The minimum atomic E-state index is 0.577. The number of benzene rings is 1. The first-order chi connectivity index (χ1) is 9.86. The van der Waals surface area contributed by atoms with Gasteiger partial charge in [0, 0.05) is 30.7 Å². The lowest BCUT2D eigenvalue weighted by atomic mass is 9.74. The summed E-state index contributed by atoms with van der Waals surface area (Å²) in [5, 5.41) is 7.40. The molecule has 1 aromatic carbocycles. The number of nitrogens with one attached hydrogen (secondary N) is 1. The molecular weight excluding hydrogens is 246 g/mol. The molecular formula is C17H19N3. The van der Waals surface area contributed by atoms with E-state index < -0.39 is 0 Å². The predicted octanol–water partition coefficient (Wildman–Crippen LogP) is 2.66. The predicted molar refractivity (Wildman–Crippen MR) is 79.6 cm³/mol. The Labute approximate surface area is 119 Å². The van der Waals surface area contributed by atoms with E-state index in [0.29, 0.717) is 12.0 Å². The number of H-pyrrole nitrogens is 1. The normalized spacial score (nSPS) is 24.6. The molecule has 3 nitrogen and oxygen atoms in total. The molecule has 3 heteroatoms. The van der Waals surface area contributed by atoms with Gasteiger partial charge in [0.25, 0.3) is 0 Å². The summed E-state index contributed by atoms with van der Waals surface area (Å²) in [6.07, 6.45) is 6.19. The maximum atomic E-state index is 4.23. The lowest BCUT2D eigenvalue weighted by molar-refractivity contribution is 0.152. The van der Waals surface area contributed by atoms with Crippen molar-refractivity contribution >= 4 is 0 Å². The highest BCUT2D eigenvalue weighted by Gasteiger charge is 2.38. The molecule has 0 amide bonds. The van der Waals surface area contributed by atoms with Gasteiger partial charge in [-0.3, -0.25) is 10.00 Å². The Morgan fingerprint density at radius 2 is 2.20 bits per heavy atom. The lowest BCUT2D eigenvalue weighted by Gasteiger charge is -2.44. The average Bonchev–Trinajstić information content (AvgIpc) is 2.93. The zero-order valence-electron chi connectivity index (χ0n) is 11.5. The van der Waals surface area contributed by atoms with Crippen LogP contribution >= 0.6 is 0 Å². The second-order valence-corrected chi connectivity index (χ2v) is 5.87. The Morgan fingerprint density at radius 1 is 1.30 bits per heavy atom. The maximum absolute atomic E-state index is 4.23. The Balaban J connectivity index is 1.79. The van der Waals surface area contributed by atoms with Crippen molar-refractivity contribution in [1.29, 1.82) is 0 Å². The van der Waals surface area contributed by atoms with E-state index in [1.165, 1.54) is 22.4 Å². The quantitative estimate of drug-likeness (QED) is 0.847. The summed E-state index contributed by atoms with van der Waals surface area (Å²) >= 11 is 0. The second kappa shape index (κ2) is 4.60. The summed E-state index contributed by atoms with van der Waals surface area (Å²) < 4.78 is 0. The summed E-state index contributed by atoms with van der Waals surface area (Å²) in [6.45, 7) is 5.92. The largest absolute Gasteiger partial charge is 0.292 e. The van der Waals surface area contributed by atoms with Gasteiger partial charge in [-0.05, 0) is 29.5 Å². The van der Waals surface area contributed by atoms with Gasteiger partial charge in [0.05, 0.1) is 6.20 Å². The van der Waals surface area contributed by atoms with Crippen molar-refractivity contribution in [2.75, 3.05) is 6.54 Å². The fourth-order valence-electron chi connectivity index (χ4n) is 3.86. The van der Waals surface area contributed by atoms with E-state index in [4.69, 9.17) is 0 Å². The molecule has 1 N–H and O–H groups in total. The molecule has 2 atom stereocenters. The molecule has 1 aliphatic carbocycles. The third-order valence-electron chi connectivity index (χ3n) is 4.79. The topological polar surface area (TPSA) is 31.9 Å². The highest BCUT2D eigenvalue weighted by Crippen LogP contribution is 2.40. The zero-order chi connectivity index (χ0) is 13.5. The third kappa shape index (κ3) is 1.74. The Bertz CT molecular complexity index is 643. The van der Waals surface area contributed by atoms with Crippen LogP contribution in [0, 0.1) is 0 Å². The molecule has 0 saturated heterocycles. The number of aromatic nitrogens is 2. The van der Waals surface area contributed by atoms with Crippen molar-refractivity contribution in [2.45, 2.75) is 31.3 Å². The first kappa shape index (κ1) is 11.9. The van der Waals surface area contributed by atoms with Gasteiger partial charge in [-0.15, -0.1) is 6.58 Å². The molecule has 102 valence electrons. The molecule has 1 aliphatic heterocycles. The Hall–Kier alpha value is -1.87. The van der Waals surface area contributed by atoms with E-state index in [9.17, 15) is 0 Å². The van der Waals surface area contributed by atoms with Crippen LogP contribution in [0.4, 0.5) is 0 Å². The number of hydrogen-bond donors (Lipinski definition) is 1. The monoisotopic (exact) mass is 265 g/mol. The van der Waals surface area contributed by atoms with Gasteiger partial charge in [0.2, 0.25) is 0 Å². The minimum absolute atomic E-state index is 0.577. The third-order valence-corrected chi connectivity index (χ3v) is 4.79. The molecule has 2 aromatic rings. The van der Waals surface area contributed by atoms with Crippen LogP contribution < -0.4 is 0 Å². The van der Waals surface area contributed by atoms with Gasteiger partial charge >= 0.3 is 0 Å². The van der Waals surface area contributed by atoms with E-state index in [0.717, 1.165) is 25.9 Å². The van der Waals surface area contributed by atoms with Crippen molar-refractivity contribution in [1.82, 2.24) is 15.1 Å². The summed E-state index contributed by atoms with van der Waals surface area (Å²) in [5.74, 6) is 0.577. The van der Waals surface area contributed by atoms with Crippen molar-refractivity contribution in [3.63, 3.8) is 0 Å². The maximum Gasteiger partial charge on any atom is 0.0522 e. The molecule has 0 radical (unpaired) electrons. The van der Waals surface area contributed by atoms with Crippen LogP contribution in [0.25, 0.3) is 0 Å². The van der Waals surface area contributed by atoms with Crippen LogP contribution in [0.5, 0.6) is 0 Å². The number of aromatic amines is 1. The number of nitrogens with zero attached hydrogens (tertiary/aromatic N) is 2. The molecule has 0 spiro atoms. The standard InChI is InChI=1S/C17H19N3/c1-2-7-20-11-12-5-3-4-6-14(12)15-9-16-13(8-17(15)20)10-18-19-16/h2-6,10,15,17H,1,7-9,11H2,(H,18,19)/t15-,17+/m0/s1. The van der Waals surface area contributed by atoms with Gasteiger partial charge in [-0.25, -0.2) is 0 Å². The molecule has 20 heavy (non-hydrogen) atoms. The van der Waals surface area contributed by atoms with Crippen LogP contribution in [0.2, 0.25) is 0 Å². The van der Waals surface area contributed by atoms with Crippen molar-refractivity contribution < 1.29 is 0 Å². The smallest absolute Gasteiger partial charge is 0.0522 e. The van der Waals surface area contributed by atoms with Crippen LogP contribution in [0.15, 0.2) is 43.1 Å². The average molecular weight is 265 g/mol. The SMILES string of the molecule is C=CCN1Cc2ccccc2[C@@H]2Cc3[nH]ncc3C[C@H]21. The summed E-state index contributed by atoms with van der Waals surface area (Å²) in [5.41, 5.74) is 5.71. The first-order valence-corrected chi connectivity index (χ1v) is 7.30. The van der Waals surface area contributed by atoms with Gasteiger partial charge in [-0.2, -0.15) is 5.10 Å². The van der Waals surface area contributed by atoms with E-state index >= 15 is 0 Å². The van der Waals surface area contributed by atoms with Gasteiger partial charge in [0.1, 0.15) is 0 Å². The van der Waals surface area contributed by atoms with Gasteiger partial charge < -0.3 is 0 Å². The number of fused-ring (bicyclic) bond motifs is 4. The molecule has 2 aliphatic rings. The molecule has 1 aromatic heterocycles. The van der Waals surface area contributed by atoms with E-state index in [1.807, 2.05) is 12.3 Å². The molecule has 0 unspecified atom stereocenters. The van der Waals surface area contributed by atoms with E-state index in [2.05, 4.69) is 45.9 Å². The minimum Gasteiger partial charge on any atom is -0.292 e. The van der Waals surface area contributed by atoms with Crippen LogP contribution in [0.1, 0.15) is 28.3 Å². The number of hydrogen-bond acceptors (Lipinski definition) is 2. The van der Waals surface area contributed by atoms with Gasteiger partial charge in [0.15, 0.2) is 0 Å². The van der Waals surface area contributed by atoms with E-state index in [-0.39, 0.29) is 0 Å². The molecule has 0 saturated carbocycles.